The average molecular weight is 341 g/mol. The van der Waals surface area contributed by atoms with E-state index in [9.17, 15) is 18.5 Å². The Labute approximate surface area is 132 Å². The van der Waals surface area contributed by atoms with Crippen molar-refractivity contribution in [2.24, 2.45) is 0 Å². The Bertz CT molecular complexity index is 791. The summed E-state index contributed by atoms with van der Waals surface area (Å²) in [5.74, 6) is 0. The minimum absolute atomic E-state index is 0.0352. The van der Waals surface area contributed by atoms with E-state index >= 15 is 0 Å². The smallest absolute Gasteiger partial charge is 0.258 e. The fraction of sp³-hybridized carbons (Fsp3) is 0.143. The molecule has 8 heteroatoms. The van der Waals surface area contributed by atoms with E-state index in [0.29, 0.717) is 5.02 Å². The number of nitro groups is 1. The fourth-order valence-electron chi connectivity index (χ4n) is 1.89. The van der Waals surface area contributed by atoms with Crippen LogP contribution in [0.1, 0.15) is 18.5 Å². The number of nitro benzene ring substituents is 1. The first-order valence-electron chi connectivity index (χ1n) is 6.32. The van der Waals surface area contributed by atoms with E-state index in [0.717, 1.165) is 17.7 Å². The third-order valence-electron chi connectivity index (χ3n) is 3.04. The molecule has 2 aromatic rings. The SMILES string of the molecule is CC(NS(=O)(=O)c1ccc([N+](=O)[O-])cc1)c1cccc(Cl)c1. The molecule has 6 nitrogen and oxygen atoms in total. The van der Waals surface area contributed by atoms with Crippen molar-refractivity contribution < 1.29 is 13.3 Å². The molecule has 0 fully saturated rings. The molecule has 2 aromatic carbocycles. The number of sulfonamides is 1. The van der Waals surface area contributed by atoms with Crippen LogP contribution >= 0.6 is 11.6 Å². The predicted octanol–water partition coefficient (Wildman–Crippen LogP) is 3.29. The maximum absolute atomic E-state index is 12.3. The molecule has 1 unspecified atom stereocenters. The number of hydrogen-bond acceptors (Lipinski definition) is 4. The van der Waals surface area contributed by atoms with E-state index in [1.807, 2.05) is 0 Å². The minimum atomic E-state index is -3.78. The predicted molar refractivity (Wildman–Crippen MR) is 83.3 cm³/mol. The lowest BCUT2D eigenvalue weighted by Crippen LogP contribution is -2.26. The first kappa shape index (κ1) is 16.4. The zero-order chi connectivity index (χ0) is 16.3. The number of non-ortho nitro benzene ring substituents is 1. The van der Waals surface area contributed by atoms with Gasteiger partial charge in [-0.3, -0.25) is 10.1 Å². The monoisotopic (exact) mass is 340 g/mol. The first-order chi connectivity index (χ1) is 10.3. The Morgan fingerprint density at radius 1 is 1.18 bits per heavy atom. The first-order valence-corrected chi connectivity index (χ1v) is 8.18. The molecule has 1 atom stereocenters. The summed E-state index contributed by atoms with van der Waals surface area (Å²) in [6, 6.07) is 11.1. The molecule has 0 saturated heterocycles. The van der Waals surface area contributed by atoms with Crippen LogP contribution < -0.4 is 4.72 Å². The number of halogens is 1. The maximum atomic E-state index is 12.3. The second-order valence-electron chi connectivity index (χ2n) is 4.65. The van der Waals surface area contributed by atoms with E-state index in [1.165, 1.54) is 12.1 Å². The molecule has 116 valence electrons. The molecule has 0 aromatic heterocycles. The number of hydrogen-bond donors (Lipinski definition) is 1. The van der Waals surface area contributed by atoms with E-state index in [-0.39, 0.29) is 10.6 Å². The highest BCUT2D eigenvalue weighted by molar-refractivity contribution is 7.89. The molecule has 0 spiro atoms. The summed E-state index contributed by atoms with van der Waals surface area (Å²) in [6.07, 6.45) is 0. The second-order valence-corrected chi connectivity index (χ2v) is 6.80. The van der Waals surface area contributed by atoms with Crippen LogP contribution in [0.5, 0.6) is 0 Å². The van der Waals surface area contributed by atoms with E-state index in [1.54, 1.807) is 31.2 Å². The van der Waals surface area contributed by atoms with Gasteiger partial charge in [0.2, 0.25) is 10.0 Å². The van der Waals surface area contributed by atoms with Gasteiger partial charge in [0.05, 0.1) is 9.82 Å². The molecule has 0 aliphatic carbocycles. The van der Waals surface area contributed by atoms with Crippen molar-refractivity contribution in [1.29, 1.82) is 0 Å². The Hall–Kier alpha value is -1.96. The van der Waals surface area contributed by atoms with Gasteiger partial charge in [0, 0.05) is 23.2 Å². The molecular weight excluding hydrogens is 328 g/mol. The molecule has 0 heterocycles. The van der Waals surface area contributed by atoms with Gasteiger partial charge in [0.25, 0.3) is 5.69 Å². The molecule has 0 amide bonds. The highest BCUT2D eigenvalue weighted by Gasteiger charge is 2.19. The van der Waals surface area contributed by atoms with Crippen molar-refractivity contribution >= 4 is 27.3 Å². The zero-order valence-electron chi connectivity index (χ0n) is 11.6. The topological polar surface area (TPSA) is 89.3 Å². The zero-order valence-corrected chi connectivity index (χ0v) is 13.1. The lowest BCUT2D eigenvalue weighted by molar-refractivity contribution is -0.384. The molecule has 0 bridgehead atoms. The van der Waals surface area contributed by atoms with Crippen LogP contribution in [-0.4, -0.2) is 13.3 Å². The van der Waals surface area contributed by atoms with Crippen LogP contribution in [0.15, 0.2) is 53.4 Å². The van der Waals surface area contributed by atoms with E-state index in [2.05, 4.69) is 4.72 Å². The van der Waals surface area contributed by atoms with Crippen LogP contribution in [0, 0.1) is 10.1 Å². The average Bonchev–Trinajstić information content (AvgIpc) is 2.47. The summed E-state index contributed by atoms with van der Waals surface area (Å²) in [6.45, 7) is 1.69. The van der Waals surface area contributed by atoms with Gasteiger partial charge in [0.15, 0.2) is 0 Å². The Kier molecular flexibility index (Phi) is 4.80. The number of rotatable bonds is 5. The standard InChI is InChI=1S/C14H13ClN2O4S/c1-10(11-3-2-4-12(15)9-11)16-22(20,21)14-7-5-13(6-8-14)17(18)19/h2-10,16H,1H3. The number of nitrogens with one attached hydrogen (secondary N) is 1. The molecule has 0 aliphatic rings. The highest BCUT2D eigenvalue weighted by Crippen LogP contribution is 2.21. The summed E-state index contributed by atoms with van der Waals surface area (Å²) in [5, 5.41) is 11.1. The molecule has 1 N–H and O–H groups in total. The van der Waals surface area contributed by atoms with Crippen LogP contribution in [0.4, 0.5) is 5.69 Å². The normalized spacial score (nSPS) is 12.8. The van der Waals surface area contributed by atoms with Crippen LogP contribution in [0.2, 0.25) is 5.02 Å². The van der Waals surface area contributed by atoms with Gasteiger partial charge in [-0.05, 0) is 36.8 Å². The largest absolute Gasteiger partial charge is 0.269 e. The Balaban J connectivity index is 2.21. The Morgan fingerprint density at radius 3 is 2.36 bits per heavy atom. The third-order valence-corrected chi connectivity index (χ3v) is 4.83. The molecule has 22 heavy (non-hydrogen) atoms. The van der Waals surface area contributed by atoms with Gasteiger partial charge in [-0.2, -0.15) is 0 Å². The van der Waals surface area contributed by atoms with E-state index in [4.69, 9.17) is 11.6 Å². The molecule has 0 aliphatic heterocycles. The summed E-state index contributed by atoms with van der Waals surface area (Å²) in [7, 11) is -3.78. The highest BCUT2D eigenvalue weighted by atomic mass is 35.5. The van der Waals surface area contributed by atoms with Crippen LogP contribution in [0.3, 0.4) is 0 Å². The maximum Gasteiger partial charge on any atom is 0.269 e. The Morgan fingerprint density at radius 2 is 1.82 bits per heavy atom. The van der Waals surface area contributed by atoms with Gasteiger partial charge in [0.1, 0.15) is 0 Å². The number of benzene rings is 2. The fourth-order valence-corrected chi connectivity index (χ4v) is 3.32. The third kappa shape index (κ3) is 3.82. The van der Waals surface area contributed by atoms with Gasteiger partial charge >= 0.3 is 0 Å². The van der Waals surface area contributed by atoms with E-state index < -0.39 is 21.0 Å². The quantitative estimate of drug-likeness (QED) is 0.668. The lowest BCUT2D eigenvalue weighted by Gasteiger charge is -2.15. The van der Waals surface area contributed by atoms with Crippen molar-refractivity contribution in [3.05, 3.63) is 69.2 Å². The van der Waals surface area contributed by atoms with Crippen molar-refractivity contribution in [1.82, 2.24) is 4.72 Å². The summed E-state index contributed by atoms with van der Waals surface area (Å²) < 4.78 is 27.0. The van der Waals surface area contributed by atoms with Gasteiger partial charge in [-0.25, -0.2) is 13.1 Å². The molecule has 2 rings (SSSR count). The van der Waals surface area contributed by atoms with Gasteiger partial charge < -0.3 is 0 Å². The summed E-state index contributed by atoms with van der Waals surface area (Å²) in [5.41, 5.74) is 0.555. The molecular formula is C14H13ClN2O4S. The van der Waals surface area contributed by atoms with Gasteiger partial charge in [-0.15, -0.1) is 0 Å². The number of nitrogens with zero attached hydrogens (tertiary/aromatic N) is 1. The van der Waals surface area contributed by atoms with Crippen molar-refractivity contribution in [3.8, 4) is 0 Å². The second kappa shape index (κ2) is 6.43. The minimum Gasteiger partial charge on any atom is -0.258 e. The van der Waals surface area contributed by atoms with Crippen molar-refractivity contribution in [3.63, 3.8) is 0 Å². The summed E-state index contributed by atoms with van der Waals surface area (Å²) >= 11 is 5.88. The van der Waals surface area contributed by atoms with Crippen LogP contribution in [-0.2, 0) is 10.0 Å². The summed E-state index contributed by atoms with van der Waals surface area (Å²) in [4.78, 5) is 9.96. The van der Waals surface area contributed by atoms with Crippen molar-refractivity contribution in [2.45, 2.75) is 17.9 Å². The lowest BCUT2D eigenvalue weighted by atomic mass is 10.1. The van der Waals surface area contributed by atoms with Gasteiger partial charge in [-0.1, -0.05) is 23.7 Å². The van der Waals surface area contributed by atoms with Crippen molar-refractivity contribution in [2.75, 3.05) is 0 Å². The van der Waals surface area contributed by atoms with Crippen LogP contribution in [0.25, 0.3) is 0 Å². The molecule has 0 radical (unpaired) electrons. The molecule has 0 saturated carbocycles.